The van der Waals surface area contributed by atoms with E-state index in [-0.39, 0.29) is 12.5 Å². The molecule has 0 unspecified atom stereocenters. The highest BCUT2D eigenvalue weighted by Crippen LogP contribution is 2.25. The van der Waals surface area contributed by atoms with E-state index in [1.807, 2.05) is 38.2 Å². The zero-order chi connectivity index (χ0) is 17.8. The molecule has 8 heteroatoms. The fourth-order valence-corrected chi connectivity index (χ4v) is 3.22. The van der Waals surface area contributed by atoms with Crippen LogP contribution in [-0.4, -0.2) is 45.4 Å². The third kappa shape index (κ3) is 4.45. The summed E-state index contributed by atoms with van der Waals surface area (Å²) in [5, 5.41) is 8.83. The Morgan fingerprint density at radius 1 is 1.36 bits per heavy atom. The van der Waals surface area contributed by atoms with Crippen LogP contribution in [0.15, 0.2) is 29.4 Å². The summed E-state index contributed by atoms with van der Waals surface area (Å²) in [7, 11) is 1.84. The second-order valence-corrected chi connectivity index (χ2v) is 7.02. The van der Waals surface area contributed by atoms with Gasteiger partial charge in [-0.2, -0.15) is 0 Å². The molecule has 1 aliphatic carbocycles. The lowest BCUT2D eigenvalue weighted by Crippen LogP contribution is -2.33. The fourth-order valence-electron chi connectivity index (χ4n) is 2.39. The molecular weight excluding hydrogens is 338 g/mol. The number of thioether (sulfide) groups is 1. The van der Waals surface area contributed by atoms with Gasteiger partial charge in [-0.05, 0) is 30.5 Å². The van der Waals surface area contributed by atoms with E-state index in [1.165, 1.54) is 16.4 Å². The van der Waals surface area contributed by atoms with Gasteiger partial charge in [0.1, 0.15) is 5.75 Å². The van der Waals surface area contributed by atoms with E-state index in [4.69, 9.17) is 10.6 Å². The first kappa shape index (κ1) is 17.6. The van der Waals surface area contributed by atoms with Crippen molar-refractivity contribution in [3.8, 4) is 5.75 Å². The summed E-state index contributed by atoms with van der Waals surface area (Å²) in [6, 6.07) is 8.13. The number of aryl methyl sites for hydroxylation is 1. The Kier molecular flexibility index (Phi) is 5.47. The maximum Gasteiger partial charge on any atom is 0.260 e. The molecule has 0 saturated heterocycles. The van der Waals surface area contributed by atoms with Gasteiger partial charge in [0.05, 0.1) is 0 Å². The number of likely N-dealkylation sites (N-methyl/N-ethyl adjacent to an activating group) is 1. The van der Waals surface area contributed by atoms with Crippen LogP contribution in [0, 0.1) is 0 Å². The zero-order valence-electron chi connectivity index (χ0n) is 14.5. The Balaban J connectivity index is 1.48. The predicted molar refractivity (Wildman–Crippen MR) is 96.8 cm³/mol. The maximum absolute atomic E-state index is 12.0. The molecule has 3 rings (SSSR count). The Hall–Kier alpha value is -2.22. The molecule has 1 aliphatic rings. The number of rotatable bonds is 8. The van der Waals surface area contributed by atoms with E-state index in [2.05, 4.69) is 10.2 Å². The molecule has 0 aliphatic heterocycles. The third-order valence-electron chi connectivity index (χ3n) is 4.19. The highest BCUT2D eigenvalue weighted by atomic mass is 32.2. The van der Waals surface area contributed by atoms with Crippen molar-refractivity contribution >= 4 is 17.7 Å². The van der Waals surface area contributed by atoms with E-state index < -0.39 is 0 Å². The lowest BCUT2D eigenvalue weighted by atomic mass is 10.2. The number of aromatic nitrogens is 3. The highest BCUT2D eigenvalue weighted by Gasteiger charge is 2.29. The van der Waals surface area contributed by atoms with Crippen molar-refractivity contribution in [2.24, 2.45) is 0 Å². The standard InChI is InChI=1S/C17H23N5O2S/c1-3-15-19-20-17(22(15)18)25-11-12-4-8-14(9-5-12)24-10-16(23)21(2)13-6-7-13/h4-5,8-9,13H,3,6-7,10-11,18H2,1-2H3. The molecule has 0 radical (unpaired) electrons. The van der Waals surface area contributed by atoms with Crippen molar-refractivity contribution in [3.63, 3.8) is 0 Å². The van der Waals surface area contributed by atoms with Crippen LogP contribution in [-0.2, 0) is 17.0 Å². The molecule has 1 amide bonds. The van der Waals surface area contributed by atoms with Gasteiger partial charge in [-0.1, -0.05) is 30.8 Å². The molecule has 7 nitrogen and oxygen atoms in total. The van der Waals surface area contributed by atoms with Crippen LogP contribution >= 0.6 is 11.8 Å². The van der Waals surface area contributed by atoms with Crippen molar-refractivity contribution in [2.45, 2.75) is 43.1 Å². The van der Waals surface area contributed by atoms with Crippen molar-refractivity contribution in [1.82, 2.24) is 19.8 Å². The molecule has 1 saturated carbocycles. The average Bonchev–Trinajstić information content (AvgIpc) is 3.42. The molecular formula is C17H23N5O2S. The Morgan fingerprint density at radius 2 is 2.08 bits per heavy atom. The molecule has 25 heavy (non-hydrogen) atoms. The fraction of sp³-hybridized carbons (Fsp3) is 0.471. The van der Waals surface area contributed by atoms with Crippen LogP contribution in [0.3, 0.4) is 0 Å². The van der Waals surface area contributed by atoms with Crippen molar-refractivity contribution in [1.29, 1.82) is 0 Å². The van der Waals surface area contributed by atoms with Gasteiger partial charge in [-0.3, -0.25) is 4.79 Å². The van der Waals surface area contributed by atoms with E-state index in [1.54, 1.807) is 4.90 Å². The number of ether oxygens (including phenoxy) is 1. The number of carbonyl (C=O) groups excluding carboxylic acids is 1. The monoisotopic (exact) mass is 361 g/mol. The molecule has 0 spiro atoms. The average molecular weight is 361 g/mol. The Bertz CT molecular complexity index is 727. The highest BCUT2D eigenvalue weighted by molar-refractivity contribution is 7.98. The zero-order valence-corrected chi connectivity index (χ0v) is 15.3. The molecule has 2 aromatic rings. The number of hydrogen-bond donors (Lipinski definition) is 1. The Morgan fingerprint density at radius 3 is 2.68 bits per heavy atom. The number of carbonyl (C=O) groups is 1. The summed E-state index contributed by atoms with van der Waals surface area (Å²) in [6.45, 7) is 2.07. The summed E-state index contributed by atoms with van der Waals surface area (Å²) < 4.78 is 7.11. The first-order valence-corrected chi connectivity index (χ1v) is 9.36. The number of hydrogen-bond acceptors (Lipinski definition) is 6. The molecule has 1 aromatic carbocycles. The topological polar surface area (TPSA) is 86.3 Å². The van der Waals surface area contributed by atoms with Gasteiger partial charge in [-0.25, -0.2) is 4.68 Å². The van der Waals surface area contributed by atoms with E-state index in [9.17, 15) is 4.79 Å². The molecule has 0 atom stereocenters. The number of benzene rings is 1. The van der Waals surface area contributed by atoms with E-state index in [0.717, 1.165) is 36.4 Å². The minimum absolute atomic E-state index is 0.0242. The van der Waals surface area contributed by atoms with Crippen molar-refractivity contribution in [3.05, 3.63) is 35.7 Å². The first-order valence-electron chi connectivity index (χ1n) is 8.38. The van der Waals surface area contributed by atoms with Crippen LogP contribution in [0.25, 0.3) is 0 Å². The van der Waals surface area contributed by atoms with Crippen LogP contribution in [0.2, 0.25) is 0 Å². The van der Waals surface area contributed by atoms with E-state index >= 15 is 0 Å². The summed E-state index contributed by atoms with van der Waals surface area (Å²) >= 11 is 1.54. The van der Waals surface area contributed by atoms with Gasteiger partial charge in [0.25, 0.3) is 5.91 Å². The second kappa shape index (κ2) is 7.77. The molecule has 1 fully saturated rings. The van der Waals surface area contributed by atoms with Crippen molar-refractivity contribution < 1.29 is 9.53 Å². The normalized spacial score (nSPS) is 13.7. The van der Waals surface area contributed by atoms with Gasteiger partial charge in [0.2, 0.25) is 5.16 Å². The number of nitrogens with zero attached hydrogens (tertiary/aromatic N) is 4. The maximum atomic E-state index is 12.0. The molecule has 1 aromatic heterocycles. The van der Waals surface area contributed by atoms with Gasteiger partial charge in [0.15, 0.2) is 12.4 Å². The first-order chi connectivity index (χ1) is 12.1. The Labute approximate surface area is 151 Å². The number of nitrogen functional groups attached to an aromatic ring is 1. The summed E-state index contributed by atoms with van der Waals surface area (Å²) in [5.41, 5.74) is 1.12. The smallest absolute Gasteiger partial charge is 0.260 e. The second-order valence-electron chi connectivity index (χ2n) is 6.08. The minimum Gasteiger partial charge on any atom is -0.484 e. The molecule has 2 N–H and O–H groups in total. The van der Waals surface area contributed by atoms with Crippen LogP contribution in [0.4, 0.5) is 0 Å². The lowest BCUT2D eigenvalue weighted by molar-refractivity contribution is -0.132. The molecule has 134 valence electrons. The minimum atomic E-state index is 0.0242. The van der Waals surface area contributed by atoms with Crippen LogP contribution in [0.5, 0.6) is 5.75 Å². The van der Waals surface area contributed by atoms with Gasteiger partial charge in [-0.15, -0.1) is 10.2 Å². The van der Waals surface area contributed by atoms with E-state index in [0.29, 0.717) is 16.9 Å². The van der Waals surface area contributed by atoms with Crippen molar-refractivity contribution in [2.75, 3.05) is 19.5 Å². The summed E-state index contributed by atoms with van der Waals surface area (Å²) in [4.78, 5) is 13.7. The molecule has 0 bridgehead atoms. The van der Waals surface area contributed by atoms with Gasteiger partial charge in [0, 0.05) is 25.3 Å². The SMILES string of the molecule is CCc1nnc(SCc2ccc(OCC(=O)N(C)C3CC3)cc2)n1N. The van der Waals surface area contributed by atoms with Gasteiger partial charge < -0.3 is 15.5 Å². The lowest BCUT2D eigenvalue weighted by Gasteiger charge is -2.16. The number of nitrogens with two attached hydrogens (primary N) is 1. The van der Waals surface area contributed by atoms with Crippen LogP contribution in [0.1, 0.15) is 31.2 Å². The largest absolute Gasteiger partial charge is 0.484 e. The predicted octanol–water partition coefficient (Wildman–Crippen LogP) is 1.85. The summed E-state index contributed by atoms with van der Waals surface area (Å²) in [5.74, 6) is 8.16. The van der Waals surface area contributed by atoms with Gasteiger partial charge >= 0.3 is 0 Å². The molecule has 1 heterocycles. The van der Waals surface area contributed by atoms with Crippen LogP contribution < -0.4 is 10.6 Å². The number of amides is 1. The third-order valence-corrected chi connectivity index (χ3v) is 5.21. The quantitative estimate of drug-likeness (QED) is 0.570. The summed E-state index contributed by atoms with van der Waals surface area (Å²) in [6.07, 6.45) is 2.96.